The first-order chi connectivity index (χ1) is 8.54. The van der Waals surface area contributed by atoms with Crippen LogP contribution in [0.5, 0.6) is 0 Å². The second-order valence-corrected chi connectivity index (χ2v) is 4.46. The highest BCUT2D eigenvalue weighted by molar-refractivity contribution is 5.88. The minimum Gasteiger partial charge on any atom is -0.465 e. The summed E-state index contributed by atoms with van der Waals surface area (Å²) in [5.41, 5.74) is 0.945. The molecule has 1 aromatic rings. The molecule has 0 saturated carbocycles. The number of rotatable bonds is 6. The molecule has 0 saturated heterocycles. The molecule has 0 aliphatic heterocycles. The quantitative estimate of drug-likeness (QED) is 0.742. The summed E-state index contributed by atoms with van der Waals surface area (Å²) in [5, 5.41) is 12.5. The lowest BCUT2D eigenvalue weighted by Crippen LogP contribution is -2.44. The number of carbonyl (C=O) groups excluding carboxylic acids is 1. The van der Waals surface area contributed by atoms with Gasteiger partial charge in [-0.1, -0.05) is 6.92 Å². The van der Waals surface area contributed by atoms with E-state index in [4.69, 9.17) is 0 Å². The molecule has 1 heterocycles. The fourth-order valence-corrected chi connectivity index (χ4v) is 1.36. The molecule has 5 nitrogen and oxygen atoms in total. The molecule has 0 aromatic carbocycles. The predicted molar refractivity (Wildman–Crippen MR) is 68.2 cm³/mol. The lowest BCUT2D eigenvalue weighted by Gasteiger charge is -2.27. The van der Waals surface area contributed by atoms with Crippen LogP contribution in [0.1, 0.15) is 36.3 Å². The summed E-state index contributed by atoms with van der Waals surface area (Å²) in [6, 6.07) is 3.45. The highest BCUT2D eigenvalue weighted by atomic mass is 16.5. The second-order valence-electron chi connectivity index (χ2n) is 4.46. The SMILES string of the molecule is CCC(C)(CO)NCc1ccc(C(=O)OC)cn1. The van der Waals surface area contributed by atoms with Gasteiger partial charge in [0, 0.05) is 18.3 Å². The maximum Gasteiger partial charge on any atom is 0.339 e. The normalized spacial score (nSPS) is 14.0. The van der Waals surface area contributed by atoms with Crippen LogP contribution in [0, 0.1) is 0 Å². The van der Waals surface area contributed by atoms with Gasteiger partial charge in [-0.15, -0.1) is 0 Å². The van der Waals surface area contributed by atoms with E-state index >= 15 is 0 Å². The minimum absolute atomic E-state index is 0.0732. The van der Waals surface area contributed by atoms with Gasteiger partial charge in [0.2, 0.25) is 0 Å². The molecule has 100 valence electrons. The van der Waals surface area contributed by atoms with E-state index in [0.29, 0.717) is 12.1 Å². The summed E-state index contributed by atoms with van der Waals surface area (Å²) in [4.78, 5) is 15.4. The van der Waals surface area contributed by atoms with Crippen LogP contribution in [0.3, 0.4) is 0 Å². The Morgan fingerprint density at radius 2 is 2.28 bits per heavy atom. The molecule has 0 radical (unpaired) electrons. The molecule has 0 fully saturated rings. The number of hydrogen-bond acceptors (Lipinski definition) is 5. The topological polar surface area (TPSA) is 71.5 Å². The third kappa shape index (κ3) is 3.78. The molecular formula is C13H20N2O3. The number of methoxy groups -OCH3 is 1. The summed E-state index contributed by atoms with van der Waals surface area (Å²) < 4.78 is 4.60. The van der Waals surface area contributed by atoms with Gasteiger partial charge in [0.25, 0.3) is 0 Å². The largest absolute Gasteiger partial charge is 0.465 e. The van der Waals surface area contributed by atoms with E-state index in [1.807, 2.05) is 13.8 Å². The van der Waals surface area contributed by atoms with Crippen molar-refractivity contribution < 1.29 is 14.6 Å². The van der Waals surface area contributed by atoms with E-state index in [0.717, 1.165) is 12.1 Å². The highest BCUT2D eigenvalue weighted by Gasteiger charge is 2.19. The Bertz CT molecular complexity index is 386. The number of nitrogens with zero attached hydrogens (tertiary/aromatic N) is 1. The maximum absolute atomic E-state index is 11.2. The fraction of sp³-hybridized carbons (Fsp3) is 0.538. The number of aromatic nitrogens is 1. The fourth-order valence-electron chi connectivity index (χ4n) is 1.36. The molecule has 0 spiro atoms. The average Bonchev–Trinajstić information content (AvgIpc) is 2.44. The molecule has 0 amide bonds. The second kappa shape index (κ2) is 6.47. The Labute approximate surface area is 107 Å². The molecule has 1 aromatic heterocycles. The molecule has 1 atom stereocenters. The van der Waals surface area contributed by atoms with Crippen molar-refractivity contribution in [3.05, 3.63) is 29.6 Å². The van der Waals surface area contributed by atoms with Gasteiger partial charge < -0.3 is 15.2 Å². The van der Waals surface area contributed by atoms with Crippen LogP contribution in [0.2, 0.25) is 0 Å². The van der Waals surface area contributed by atoms with E-state index in [9.17, 15) is 9.90 Å². The zero-order valence-electron chi connectivity index (χ0n) is 11.1. The average molecular weight is 252 g/mol. The number of ether oxygens (including phenoxy) is 1. The molecule has 0 aliphatic rings. The number of aliphatic hydroxyl groups excluding tert-OH is 1. The molecule has 5 heteroatoms. The third-order valence-corrected chi connectivity index (χ3v) is 3.07. The number of pyridine rings is 1. The van der Waals surface area contributed by atoms with Gasteiger partial charge in [0.1, 0.15) is 0 Å². The van der Waals surface area contributed by atoms with E-state index < -0.39 is 5.97 Å². The Balaban J connectivity index is 2.62. The van der Waals surface area contributed by atoms with Gasteiger partial charge in [-0.2, -0.15) is 0 Å². The van der Waals surface area contributed by atoms with E-state index in [1.54, 1.807) is 12.1 Å². The zero-order valence-corrected chi connectivity index (χ0v) is 11.1. The van der Waals surface area contributed by atoms with Crippen LogP contribution in [0.15, 0.2) is 18.3 Å². The van der Waals surface area contributed by atoms with Gasteiger partial charge in [-0.05, 0) is 25.5 Å². The van der Waals surface area contributed by atoms with Crippen molar-refractivity contribution in [3.8, 4) is 0 Å². The Morgan fingerprint density at radius 1 is 1.56 bits per heavy atom. The number of hydrogen-bond donors (Lipinski definition) is 2. The van der Waals surface area contributed by atoms with Crippen LogP contribution in [-0.2, 0) is 11.3 Å². The van der Waals surface area contributed by atoms with Gasteiger partial charge in [0.05, 0.1) is 25.0 Å². The Morgan fingerprint density at radius 3 is 2.72 bits per heavy atom. The molecule has 18 heavy (non-hydrogen) atoms. The molecule has 2 N–H and O–H groups in total. The molecular weight excluding hydrogens is 232 g/mol. The molecule has 0 aliphatic carbocycles. The number of nitrogens with one attached hydrogen (secondary N) is 1. The number of carbonyl (C=O) groups is 1. The first kappa shape index (κ1) is 14.6. The highest BCUT2D eigenvalue weighted by Crippen LogP contribution is 2.09. The van der Waals surface area contributed by atoms with Crippen LogP contribution in [-0.4, -0.2) is 35.3 Å². The van der Waals surface area contributed by atoms with Crippen molar-refractivity contribution in [2.75, 3.05) is 13.7 Å². The van der Waals surface area contributed by atoms with Crippen molar-refractivity contribution in [1.29, 1.82) is 0 Å². The van der Waals surface area contributed by atoms with Gasteiger partial charge in [0.15, 0.2) is 0 Å². The van der Waals surface area contributed by atoms with Gasteiger partial charge in [-0.3, -0.25) is 4.98 Å². The molecule has 1 unspecified atom stereocenters. The van der Waals surface area contributed by atoms with Crippen LogP contribution in [0.25, 0.3) is 0 Å². The Hall–Kier alpha value is -1.46. The monoisotopic (exact) mass is 252 g/mol. The molecule has 0 bridgehead atoms. The number of esters is 1. The summed E-state index contributed by atoms with van der Waals surface area (Å²) in [6.07, 6.45) is 2.31. The minimum atomic E-state index is -0.393. The zero-order chi connectivity index (χ0) is 13.6. The lowest BCUT2D eigenvalue weighted by molar-refractivity contribution is 0.0600. The van der Waals surface area contributed by atoms with Crippen molar-refractivity contribution in [1.82, 2.24) is 10.3 Å². The summed E-state index contributed by atoms with van der Waals surface area (Å²) in [7, 11) is 1.34. The van der Waals surface area contributed by atoms with Crippen LogP contribution in [0.4, 0.5) is 0 Å². The van der Waals surface area contributed by atoms with E-state index in [1.165, 1.54) is 13.3 Å². The summed E-state index contributed by atoms with van der Waals surface area (Å²) in [5.74, 6) is -0.393. The number of aliphatic hydroxyl groups is 1. The van der Waals surface area contributed by atoms with Crippen molar-refractivity contribution in [3.63, 3.8) is 0 Å². The first-order valence-corrected chi connectivity index (χ1v) is 5.94. The smallest absolute Gasteiger partial charge is 0.339 e. The van der Waals surface area contributed by atoms with E-state index in [2.05, 4.69) is 15.0 Å². The summed E-state index contributed by atoms with van der Waals surface area (Å²) in [6.45, 7) is 4.59. The molecule has 1 rings (SSSR count). The van der Waals surface area contributed by atoms with Crippen LogP contribution >= 0.6 is 0 Å². The van der Waals surface area contributed by atoms with Crippen LogP contribution < -0.4 is 5.32 Å². The van der Waals surface area contributed by atoms with E-state index in [-0.39, 0.29) is 12.1 Å². The Kier molecular flexibility index (Phi) is 5.25. The standard InChI is InChI=1S/C13H20N2O3/c1-4-13(2,9-16)15-8-11-6-5-10(7-14-11)12(17)18-3/h5-7,15-16H,4,8-9H2,1-3H3. The van der Waals surface area contributed by atoms with Crippen molar-refractivity contribution >= 4 is 5.97 Å². The third-order valence-electron chi connectivity index (χ3n) is 3.07. The maximum atomic E-state index is 11.2. The van der Waals surface area contributed by atoms with Crippen molar-refractivity contribution in [2.45, 2.75) is 32.4 Å². The van der Waals surface area contributed by atoms with Crippen molar-refractivity contribution in [2.24, 2.45) is 0 Å². The van der Waals surface area contributed by atoms with Gasteiger partial charge >= 0.3 is 5.97 Å². The lowest BCUT2D eigenvalue weighted by atomic mass is 10.0. The predicted octanol–water partition coefficient (Wildman–Crippen LogP) is 1.12. The summed E-state index contributed by atoms with van der Waals surface area (Å²) >= 11 is 0. The van der Waals surface area contributed by atoms with Gasteiger partial charge in [-0.25, -0.2) is 4.79 Å². The first-order valence-electron chi connectivity index (χ1n) is 5.94.